The first-order valence-corrected chi connectivity index (χ1v) is 3.23. The van der Waals surface area contributed by atoms with Crippen LogP contribution in [0, 0.1) is 0 Å². The van der Waals surface area contributed by atoms with Crippen molar-refractivity contribution < 1.29 is 9.90 Å². The Morgan fingerprint density at radius 3 is 2.40 bits per heavy atom. The Bertz CT molecular complexity index is 116. The minimum atomic E-state index is -0.841. The zero-order chi connectivity index (χ0) is 8.15. The van der Waals surface area contributed by atoms with E-state index in [1.165, 1.54) is 0 Å². The van der Waals surface area contributed by atoms with Gasteiger partial charge in [0, 0.05) is 0 Å². The summed E-state index contributed by atoms with van der Waals surface area (Å²) >= 11 is 0. The van der Waals surface area contributed by atoms with E-state index in [0.29, 0.717) is 0 Å². The molecule has 1 unspecified atom stereocenters. The van der Waals surface area contributed by atoms with Crippen LogP contribution in [0.5, 0.6) is 0 Å². The highest BCUT2D eigenvalue weighted by Gasteiger charge is 2.17. The van der Waals surface area contributed by atoms with Crippen LogP contribution in [0.1, 0.15) is 6.92 Å². The third kappa shape index (κ3) is 2.33. The lowest BCUT2D eigenvalue weighted by Crippen LogP contribution is -2.47. The van der Waals surface area contributed by atoms with Gasteiger partial charge in [0.25, 0.3) is 0 Å². The third-order valence-corrected chi connectivity index (χ3v) is 1.45. The lowest BCUT2D eigenvalue weighted by molar-refractivity contribution is -0.143. The van der Waals surface area contributed by atoms with Crippen LogP contribution in [0.3, 0.4) is 0 Å². The number of nitrogens with zero attached hydrogens (tertiary/aromatic N) is 1. The van der Waals surface area contributed by atoms with Gasteiger partial charge in [-0.25, -0.2) is 4.79 Å². The summed E-state index contributed by atoms with van der Waals surface area (Å²) in [6.07, 6.45) is -0.565. The Morgan fingerprint density at radius 2 is 2.30 bits per heavy atom. The largest absolute Gasteiger partial charge is 0.479 e. The van der Waals surface area contributed by atoms with Crippen LogP contribution in [0.15, 0.2) is 0 Å². The fraction of sp³-hybridized carbons (Fsp3) is 0.833. The molecule has 0 aromatic carbocycles. The van der Waals surface area contributed by atoms with Gasteiger partial charge in [-0.05, 0) is 20.6 Å². The SMILES string of the molecule is CCN(C)C(NC)C(=O)O. The topological polar surface area (TPSA) is 52.6 Å². The number of likely N-dealkylation sites (N-methyl/N-ethyl adjacent to an activating group) is 2. The Labute approximate surface area is 60.8 Å². The summed E-state index contributed by atoms with van der Waals surface area (Å²) in [4.78, 5) is 12.1. The number of carbonyl (C=O) groups is 1. The predicted molar refractivity (Wildman–Crippen MR) is 38.8 cm³/mol. The van der Waals surface area contributed by atoms with Crippen molar-refractivity contribution in [2.45, 2.75) is 13.1 Å². The molecule has 0 rings (SSSR count). The summed E-state index contributed by atoms with van der Waals surface area (Å²) in [5, 5.41) is 11.2. The molecule has 0 aromatic heterocycles. The predicted octanol–water partition coefficient (Wildman–Crippen LogP) is -0.432. The van der Waals surface area contributed by atoms with Gasteiger partial charge in [0.1, 0.15) is 0 Å². The standard InChI is InChI=1S/C6H14N2O2/c1-4-8(3)5(7-2)6(9)10/h5,7H,4H2,1-3H3,(H,9,10). The highest BCUT2D eigenvalue weighted by Crippen LogP contribution is 1.89. The summed E-state index contributed by atoms with van der Waals surface area (Å²) in [7, 11) is 3.39. The normalized spacial score (nSPS) is 13.6. The number of hydrogen-bond donors (Lipinski definition) is 2. The molecule has 1 atom stereocenters. The van der Waals surface area contributed by atoms with Gasteiger partial charge in [0.05, 0.1) is 0 Å². The van der Waals surface area contributed by atoms with E-state index in [2.05, 4.69) is 5.32 Å². The van der Waals surface area contributed by atoms with Crippen molar-refractivity contribution in [1.82, 2.24) is 10.2 Å². The van der Waals surface area contributed by atoms with Gasteiger partial charge in [-0.3, -0.25) is 10.2 Å². The van der Waals surface area contributed by atoms with Crippen molar-refractivity contribution in [1.29, 1.82) is 0 Å². The second-order valence-electron chi connectivity index (χ2n) is 2.10. The Hall–Kier alpha value is -0.610. The molecule has 2 N–H and O–H groups in total. The molecule has 0 aliphatic heterocycles. The molecule has 0 saturated carbocycles. The summed E-state index contributed by atoms with van der Waals surface area (Å²) < 4.78 is 0. The van der Waals surface area contributed by atoms with Crippen LogP contribution in [-0.2, 0) is 4.79 Å². The zero-order valence-electron chi connectivity index (χ0n) is 6.59. The molecule has 0 aliphatic carbocycles. The van der Waals surface area contributed by atoms with Gasteiger partial charge in [0.2, 0.25) is 0 Å². The van der Waals surface area contributed by atoms with E-state index in [9.17, 15) is 4.79 Å². The average Bonchev–Trinajstić information content (AvgIpc) is 1.88. The lowest BCUT2D eigenvalue weighted by atomic mass is 10.4. The number of hydrogen-bond acceptors (Lipinski definition) is 3. The monoisotopic (exact) mass is 146 g/mol. The second-order valence-corrected chi connectivity index (χ2v) is 2.10. The maximum absolute atomic E-state index is 10.4. The number of carboxylic acids is 1. The number of carboxylic acid groups (broad SMARTS) is 1. The first kappa shape index (κ1) is 9.39. The highest BCUT2D eigenvalue weighted by atomic mass is 16.4. The number of rotatable bonds is 4. The lowest BCUT2D eigenvalue weighted by Gasteiger charge is -2.21. The molecule has 0 fully saturated rings. The van der Waals surface area contributed by atoms with E-state index < -0.39 is 12.1 Å². The molecule has 0 amide bonds. The second kappa shape index (κ2) is 4.24. The zero-order valence-corrected chi connectivity index (χ0v) is 6.59. The van der Waals surface area contributed by atoms with Crippen molar-refractivity contribution in [3.8, 4) is 0 Å². The van der Waals surface area contributed by atoms with E-state index in [1.807, 2.05) is 6.92 Å². The third-order valence-electron chi connectivity index (χ3n) is 1.45. The summed E-state index contributed by atoms with van der Waals surface area (Å²) in [6.45, 7) is 2.63. The van der Waals surface area contributed by atoms with Gasteiger partial charge in [0.15, 0.2) is 6.17 Å². The summed E-state index contributed by atoms with van der Waals surface area (Å²) in [6, 6.07) is 0. The first-order valence-electron chi connectivity index (χ1n) is 3.23. The summed E-state index contributed by atoms with van der Waals surface area (Å²) in [5.74, 6) is -0.841. The maximum atomic E-state index is 10.4. The fourth-order valence-electron chi connectivity index (χ4n) is 0.715. The van der Waals surface area contributed by atoms with Gasteiger partial charge in [-0.2, -0.15) is 0 Å². The van der Waals surface area contributed by atoms with Gasteiger partial charge in [-0.15, -0.1) is 0 Å². The van der Waals surface area contributed by atoms with E-state index in [0.717, 1.165) is 6.54 Å². The number of aliphatic carboxylic acids is 1. The van der Waals surface area contributed by atoms with Crippen molar-refractivity contribution in [2.75, 3.05) is 20.6 Å². The Kier molecular flexibility index (Phi) is 3.99. The molecule has 60 valence electrons. The molecule has 4 nitrogen and oxygen atoms in total. The van der Waals surface area contributed by atoms with Crippen LogP contribution in [0.4, 0.5) is 0 Å². The van der Waals surface area contributed by atoms with Crippen molar-refractivity contribution in [3.05, 3.63) is 0 Å². The fourth-order valence-corrected chi connectivity index (χ4v) is 0.715. The Balaban J connectivity index is 3.92. The molecule has 10 heavy (non-hydrogen) atoms. The number of nitrogens with one attached hydrogen (secondary N) is 1. The van der Waals surface area contributed by atoms with Crippen molar-refractivity contribution >= 4 is 5.97 Å². The van der Waals surface area contributed by atoms with Gasteiger partial charge in [-0.1, -0.05) is 6.92 Å². The molecule has 0 spiro atoms. The van der Waals surface area contributed by atoms with Gasteiger partial charge < -0.3 is 5.11 Å². The first-order chi connectivity index (χ1) is 4.63. The van der Waals surface area contributed by atoms with Crippen LogP contribution in [0.2, 0.25) is 0 Å². The van der Waals surface area contributed by atoms with Crippen LogP contribution in [-0.4, -0.2) is 42.8 Å². The van der Waals surface area contributed by atoms with Crippen molar-refractivity contribution in [2.24, 2.45) is 0 Å². The van der Waals surface area contributed by atoms with Crippen LogP contribution in [0.25, 0.3) is 0 Å². The molecular weight excluding hydrogens is 132 g/mol. The van der Waals surface area contributed by atoms with E-state index in [4.69, 9.17) is 5.11 Å². The summed E-state index contributed by atoms with van der Waals surface area (Å²) in [5.41, 5.74) is 0. The molecule has 0 saturated heterocycles. The van der Waals surface area contributed by atoms with Crippen LogP contribution >= 0.6 is 0 Å². The molecule has 0 heterocycles. The van der Waals surface area contributed by atoms with E-state index >= 15 is 0 Å². The van der Waals surface area contributed by atoms with Gasteiger partial charge >= 0.3 is 5.97 Å². The van der Waals surface area contributed by atoms with E-state index in [-0.39, 0.29) is 0 Å². The smallest absolute Gasteiger partial charge is 0.335 e. The average molecular weight is 146 g/mol. The van der Waals surface area contributed by atoms with Crippen molar-refractivity contribution in [3.63, 3.8) is 0 Å². The molecule has 4 heteroatoms. The minimum absolute atomic E-state index is 0.565. The molecule has 0 aromatic rings. The molecule has 0 aliphatic rings. The molecule has 0 radical (unpaired) electrons. The quantitative estimate of drug-likeness (QED) is 0.528. The minimum Gasteiger partial charge on any atom is -0.479 e. The molecule has 0 bridgehead atoms. The highest BCUT2D eigenvalue weighted by molar-refractivity contribution is 5.72. The van der Waals surface area contributed by atoms with Crippen LogP contribution < -0.4 is 5.32 Å². The maximum Gasteiger partial charge on any atom is 0.335 e. The van der Waals surface area contributed by atoms with E-state index in [1.54, 1.807) is 19.0 Å². The Morgan fingerprint density at radius 1 is 1.80 bits per heavy atom. The molecular formula is C6H14N2O2.